The fourth-order valence-corrected chi connectivity index (χ4v) is 4.00. The molecule has 2 aromatic rings. The molecule has 0 amide bonds. The zero-order valence-corrected chi connectivity index (χ0v) is 18.5. The van der Waals surface area contributed by atoms with E-state index in [0.717, 1.165) is 25.5 Å². The first-order valence-corrected chi connectivity index (χ1v) is 9.60. The van der Waals surface area contributed by atoms with Crippen LogP contribution < -0.4 is 10.6 Å². The second-order valence-corrected chi connectivity index (χ2v) is 8.04. The van der Waals surface area contributed by atoms with E-state index in [1.807, 2.05) is 31.2 Å². The van der Waals surface area contributed by atoms with Gasteiger partial charge in [0.05, 0.1) is 0 Å². The number of hydrogen-bond donors (Lipinski definition) is 2. The molecule has 1 aliphatic carbocycles. The van der Waals surface area contributed by atoms with Gasteiger partial charge >= 0.3 is 0 Å². The second kappa shape index (κ2) is 10.2. The summed E-state index contributed by atoms with van der Waals surface area (Å²) >= 11 is 1.98. The Balaban J connectivity index is 0.00000243. The van der Waals surface area contributed by atoms with Crippen molar-refractivity contribution in [2.75, 3.05) is 20.1 Å². The van der Waals surface area contributed by atoms with Crippen LogP contribution in [0.5, 0.6) is 0 Å². The van der Waals surface area contributed by atoms with E-state index >= 15 is 0 Å². The van der Waals surface area contributed by atoms with Gasteiger partial charge in [0, 0.05) is 42.2 Å². The highest BCUT2D eigenvalue weighted by Crippen LogP contribution is 2.51. The van der Waals surface area contributed by atoms with Gasteiger partial charge in [-0.2, -0.15) is 0 Å². The minimum absolute atomic E-state index is 0. The lowest BCUT2D eigenvalue weighted by molar-refractivity contribution is 0.759. The minimum atomic E-state index is 0. The Morgan fingerprint density at radius 2 is 1.96 bits per heavy atom. The van der Waals surface area contributed by atoms with Crippen LogP contribution in [-0.4, -0.2) is 35.8 Å². The lowest BCUT2D eigenvalue weighted by Crippen LogP contribution is -2.41. The van der Waals surface area contributed by atoms with Crippen molar-refractivity contribution in [3.63, 3.8) is 0 Å². The lowest BCUT2D eigenvalue weighted by atomic mass is 10.1. The van der Waals surface area contributed by atoms with Gasteiger partial charge < -0.3 is 10.6 Å². The third-order valence-corrected chi connectivity index (χ3v) is 6.00. The Morgan fingerprint density at radius 3 is 2.62 bits per heavy atom. The first-order valence-electron chi connectivity index (χ1n) is 8.79. The summed E-state index contributed by atoms with van der Waals surface area (Å²) in [5.41, 5.74) is 2.57. The van der Waals surface area contributed by atoms with Crippen molar-refractivity contribution in [2.24, 2.45) is 4.99 Å². The Labute approximate surface area is 177 Å². The van der Waals surface area contributed by atoms with Crippen LogP contribution in [-0.2, 0) is 6.42 Å². The normalized spacial score (nSPS) is 15.1. The molecule has 2 N–H and O–H groups in total. The molecule has 4 nitrogen and oxygen atoms in total. The molecule has 0 spiro atoms. The maximum absolute atomic E-state index is 4.35. The number of hydrogen-bond acceptors (Lipinski definition) is 3. The quantitative estimate of drug-likeness (QED) is 0.356. The number of nitrogens with zero attached hydrogens (tertiary/aromatic N) is 2. The van der Waals surface area contributed by atoms with Gasteiger partial charge in [-0.1, -0.05) is 18.2 Å². The van der Waals surface area contributed by atoms with Crippen molar-refractivity contribution in [3.05, 3.63) is 59.9 Å². The summed E-state index contributed by atoms with van der Waals surface area (Å²) in [6, 6.07) is 12.7. The Morgan fingerprint density at radius 1 is 1.19 bits per heavy atom. The van der Waals surface area contributed by atoms with E-state index in [-0.39, 0.29) is 24.0 Å². The van der Waals surface area contributed by atoms with Crippen LogP contribution in [0.2, 0.25) is 0 Å². The largest absolute Gasteiger partial charge is 0.356 e. The molecule has 1 heterocycles. The first kappa shape index (κ1) is 21.0. The average molecular weight is 482 g/mol. The molecule has 1 fully saturated rings. The number of halogens is 1. The van der Waals surface area contributed by atoms with Crippen LogP contribution in [0.3, 0.4) is 0 Å². The minimum Gasteiger partial charge on any atom is -0.356 e. The number of aryl methyl sites for hydroxylation is 1. The molecule has 26 heavy (non-hydrogen) atoms. The summed E-state index contributed by atoms with van der Waals surface area (Å²) in [7, 11) is 1.83. The van der Waals surface area contributed by atoms with Crippen molar-refractivity contribution < 1.29 is 0 Å². The summed E-state index contributed by atoms with van der Waals surface area (Å²) in [6.45, 7) is 3.91. The summed E-state index contributed by atoms with van der Waals surface area (Å²) in [6.07, 6.45) is 7.26. The van der Waals surface area contributed by atoms with Crippen LogP contribution in [0.1, 0.15) is 24.0 Å². The van der Waals surface area contributed by atoms with Crippen molar-refractivity contribution in [2.45, 2.75) is 35.8 Å². The molecule has 1 saturated carbocycles. The molecule has 1 aromatic heterocycles. The molecule has 0 radical (unpaired) electrons. The molecule has 1 aliphatic rings. The van der Waals surface area contributed by atoms with Gasteiger partial charge in [0.1, 0.15) is 0 Å². The monoisotopic (exact) mass is 482 g/mol. The van der Waals surface area contributed by atoms with Gasteiger partial charge in [-0.25, -0.2) is 0 Å². The Kier molecular flexibility index (Phi) is 8.21. The number of thioether (sulfide) groups is 1. The van der Waals surface area contributed by atoms with Gasteiger partial charge in [0.15, 0.2) is 5.96 Å². The molecule has 0 atom stereocenters. The van der Waals surface area contributed by atoms with E-state index < -0.39 is 0 Å². The number of rotatable bonds is 7. The molecule has 6 heteroatoms. The molecule has 3 rings (SSSR count). The molecular weight excluding hydrogens is 455 g/mol. The van der Waals surface area contributed by atoms with Gasteiger partial charge in [-0.05, 0) is 55.5 Å². The molecule has 0 unspecified atom stereocenters. The average Bonchev–Trinajstić information content (AvgIpc) is 3.40. The number of guanidine groups is 1. The summed E-state index contributed by atoms with van der Waals surface area (Å²) < 4.78 is 0.320. The van der Waals surface area contributed by atoms with E-state index in [9.17, 15) is 0 Å². The highest BCUT2D eigenvalue weighted by molar-refractivity contribution is 14.0. The van der Waals surface area contributed by atoms with E-state index in [1.165, 1.54) is 28.9 Å². The second-order valence-electron chi connectivity index (χ2n) is 6.50. The number of benzene rings is 1. The number of nitrogens with one attached hydrogen (secondary N) is 2. The summed E-state index contributed by atoms with van der Waals surface area (Å²) in [4.78, 5) is 9.84. The Hall–Kier alpha value is -1.28. The van der Waals surface area contributed by atoms with E-state index in [4.69, 9.17) is 0 Å². The zero-order chi connectivity index (χ0) is 17.5. The fourth-order valence-electron chi connectivity index (χ4n) is 2.76. The number of aliphatic imine (C=N–C) groups is 1. The van der Waals surface area contributed by atoms with E-state index in [0.29, 0.717) is 4.75 Å². The Bertz CT molecular complexity index is 717. The van der Waals surface area contributed by atoms with Crippen LogP contribution in [0, 0.1) is 6.92 Å². The van der Waals surface area contributed by atoms with E-state index in [1.54, 1.807) is 0 Å². The summed E-state index contributed by atoms with van der Waals surface area (Å²) in [5, 5.41) is 6.92. The smallest absolute Gasteiger partial charge is 0.191 e. The van der Waals surface area contributed by atoms with Crippen LogP contribution >= 0.6 is 35.7 Å². The number of aromatic nitrogens is 1. The van der Waals surface area contributed by atoms with Crippen molar-refractivity contribution >= 4 is 41.7 Å². The predicted molar refractivity (Wildman–Crippen MR) is 122 cm³/mol. The molecule has 0 aliphatic heterocycles. The lowest BCUT2D eigenvalue weighted by Gasteiger charge is -2.18. The molecule has 0 bridgehead atoms. The first-order chi connectivity index (χ1) is 12.2. The van der Waals surface area contributed by atoms with E-state index in [2.05, 4.69) is 63.9 Å². The zero-order valence-electron chi connectivity index (χ0n) is 15.4. The number of pyridine rings is 1. The van der Waals surface area contributed by atoms with Gasteiger partial charge in [-0.15, -0.1) is 35.7 Å². The third kappa shape index (κ3) is 6.16. The highest BCUT2D eigenvalue weighted by atomic mass is 127. The SMILES string of the molecule is CN=C(NCCc1ccncc1C)NCC1(Sc2ccccc2)CC1.I. The van der Waals surface area contributed by atoms with Gasteiger partial charge in [0.2, 0.25) is 0 Å². The maximum Gasteiger partial charge on any atom is 0.191 e. The fraction of sp³-hybridized carbons (Fsp3) is 0.400. The molecule has 1 aromatic carbocycles. The van der Waals surface area contributed by atoms with Crippen LogP contribution in [0.15, 0.2) is 58.7 Å². The van der Waals surface area contributed by atoms with Crippen molar-refractivity contribution in [3.8, 4) is 0 Å². The van der Waals surface area contributed by atoms with Crippen molar-refractivity contribution in [1.82, 2.24) is 15.6 Å². The van der Waals surface area contributed by atoms with Crippen LogP contribution in [0.25, 0.3) is 0 Å². The highest BCUT2D eigenvalue weighted by Gasteiger charge is 2.43. The molecular formula is C20H27IN4S. The molecule has 140 valence electrons. The van der Waals surface area contributed by atoms with Gasteiger partial charge in [-0.3, -0.25) is 9.98 Å². The standard InChI is InChI=1S/C20H26N4S.HI/c1-16-14-22-12-8-17(16)9-13-23-19(21-2)24-15-20(10-11-20)25-18-6-4-3-5-7-18;/h3-8,12,14H,9-11,13,15H2,1-2H3,(H2,21,23,24);1H. The summed E-state index contributed by atoms with van der Waals surface area (Å²) in [5.74, 6) is 0.881. The molecule has 0 saturated heterocycles. The van der Waals surface area contributed by atoms with Crippen molar-refractivity contribution in [1.29, 1.82) is 0 Å². The maximum atomic E-state index is 4.35. The van der Waals surface area contributed by atoms with Gasteiger partial charge in [0.25, 0.3) is 0 Å². The topological polar surface area (TPSA) is 49.3 Å². The third-order valence-electron chi connectivity index (χ3n) is 4.51. The van der Waals surface area contributed by atoms with Crippen LogP contribution in [0.4, 0.5) is 0 Å². The predicted octanol–water partition coefficient (Wildman–Crippen LogP) is 4.04.